The van der Waals surface area contributed by atoms with E-state index >= 15 is 0 Å². The zero-order valence-electron chi connectivity index (χ0n) is 15.5. The van der Waals surface area contributed by atoms with Crippen LogP contribution in [-0.2, 0) is 11.3 Å². The number of carboxylic acid groups (broad SMARTS) is 1. The first kappa shape index (κ1) is 19.7. The highest BCUT2D eigenvalue weighted by atomic mass is 32.2. The molecule has 0 fully saturated rings. The number of ketones is 1. The molecule has 0 aliphatic carbocycles. The quantitative estimate of drug-likeness (QED) is 0.436. The highest BCUT2D eigenvalue weighted by Gasteiger charge is 2.12. The number of aromatic nitrogens is 1. The summed E-state index contributed by atoms with van der Waals surface area (Å²) in [5.74, 6) is -1.12. The first-order valence-electron chi connectivity index (χ1n) is 8.89. The van der Waals surface area contributed by atoms with Crippen molar-refractivity contribution in [3.8, 4) is 0 Å². The molecule has 0 radical (unpaired) electrons. The van der Waals surface area contributed by atoms with Crippen LogP contribution in [0.5, 0.6) is 0 Å². The van der Waals surface area contributed by atoms with Gasteiger partial charge in [-0.1, -0.05) is 54.1 Å². The van der Waals surface area contributed by atoms with Gasteiger partial charge in [0.2, 0.25) is 5.78 Å². The standard InChI is InChI=1S/C23H21NO3S/c1-17-6-10-19(11-7-17)23(27)21-5-3-15-24(21)14-2-4-18-8-12-20(13-9-18)28-16-22(25)26/h2-13,15H,14,16H2,1H3,(H,25,26)/p-1/b4-2+. The number of carbonyl (C=O) groups is 2. The van der Waals surface area contributed by atoms with Crippen molar-refractivity contribution in [3.05, 3.63) is 95.3 Å². The number of allylic oxidation sites excluding steroid dienone is 1. The molecule has 5 heteroatoms. The van der Waals surface area contributed by atoms with Gasteiger partial charge in [-0.3, -0.25) is 4.79 Å². The van der Waals surface area contributed by atoms with E-state index in [4.69, 9.17) is 0 Å². The van der Waals surface area contributed by atoms with Crippen molar-refractivity contribution in [1.82, 2.24) is 4.57 Å². The predicted molar refractivity (Wildman–Crippen MR) is 110 cm³/mol. The second kappa shape index (κ2) is 9.24. The van der Waals surface area contributed by atoms with Crippen LogP contribution in [0.1, 0.15) is 27.2 Å². The van der Waals surface area contributed by atoms with Gasteiger partial charge in [-0.2, -0.15) is 0 Å². The van der Waals surface area contributed by atoms with Crippen LogP contribution in [0, 0.1) is 6.92 Å². The lowest BCUT2D eigenvalue weighted by atomic mass is 10.1. The van der Waals surface area contributed by atoms with Gasteiger partial charge in [0, 0.05) is 29.0 Å². The zero-order valence-corrected chi connectivity index (χ0v) is 16.3. The van der Waals surface area contributed by atoms with E-state index in [1.165, 1.54) is 11.8 Å². The second-order valence-electron chi connectivity index (χ2n) is 6.37. The Bertz CT molecular complexity index is 985. The molecule has 0 amide bonds. The number of rotatable bonds is 8. The molecular formula is C23H20NO3S-. The summed E-state index contributed by atoms with van der Waals surface area (Å²) in [6, 6.07) is 18.9. The molecule has 2 aromatic carbocycles. The molecule has 1 aromatic heterocycles. The summed E-state index contributed by atoms with van der Waals surface area (Å²) < 4.78 is 1.92. The SMILES string of the molecule is Cc1ccc(C(=O)c2cccn2C/C=C/c2ccc(SCC(=O)[O-])cc2)cc1. The third kappa shape index (κ3) is 5.24. The van der Waals surface area contributed by atoms with Crippen LogP contribution in [-0.4, -0.2) is 22.1 Å². The van der Waals surface area contributed by atoms with E-state index < -0.39 is 5.97 Å². The number of aryl methyl sites for hydroxylation is 1. The van der Waals surface area contributed by atoms with Crippen molar-refractivity contribution in [2.75, 3.05) is 5.75 Å². The fourth-order valence-corrected chi connectivity index (χ4v) is 3.37. The van der Waals surface area contributed by atoms with Crippen LogP contribution in [0.2, 0.25) is 0 Å². The Hall–Kier alpha value is -3.05. The number of nitrogens with zero attached hydrogens (tertiary/aromatic N) is 1. The minimum atomic E-state index is -1.07. The highest BCUT2D eigenvalue weighted by molar-refractivity contribution is 8.00. The summed E-state index contributed by atoms with van der Waals surface area (Å²) in [6.45, 7) is 2.58. The average Bonchev–Trinajstić information content (AvgIpc) is 3.16. The molecule has 28 heavy (non-hydrogen) atoms. The van der Waals surface area contributed by atoms with Crippen LogP contribution in [0.25, 0.3) is 6.08 Å². The third-order valence-corrected chi connectivity index (χ3v) is 5.21. The average molecular weight is 390 g/mol. The maximum Gasteiger partial charge on any atom is 0.209 e. The Morgan fingerprint density at radius 3 is 2.43 bits per heavy atom. The number of carbonyl (C=O) groups excluding carboxylic acids is 2. The largest absolute Gasteiger partial charge is 0.549 e. The predicted octanol–water partition coefficient (Wildman–Crippen LogP) is 3.58. The van der Waals surface area contributed by atoms with Gasteiger partial charge in [-0.25, -0.2) is 0 Å². The van der Waals surface area contributed by atoms with Crippen LogP contribution in [0.15, 0.2) is 77.8 Å². The van der Waals surface area contributed by atoms with E-state index in [-0.39, 0.29) is 11.5 Å². The zero-order chi connectivity index (χ0) is 19.9. The molecule has 1 heterocycles. The smallest absolute Gasteiger partial charge is 0.209 e. The maximum atomic E-state index is 12.7. The molecule has 3 rings (SSSR count). The second-order valence-corrected chi connectivity index (χ2v) is 7.42. The molecule has 4 nitrogen and oxygen atoms in total. The molecule has 0 atom stereocenters. The van der Waals surface area contributed by atoms with Gasteiger partial charge in [0.05, 0.1) is 11.7 Å². The maximum absolute atomic E-state index is 12.7. The van der Waals surface area contributed by atoms with Crippen molar-refractivity contribution in [2.45, 2.75) is 18.4 Å². The molecule has 142 valence electrons. The van der Waals surface area contributed by atoms with Gasteiger partial charge in [0.15, 0.2) is 0 Å². The number of hydrogen-bond donors (Lipinski definition) is 0. The molecule has 0 N–H and O–H groups in total. The van der Waals surface area contributed by atoms with Crippen LogP contribution in [0.3, 0.4) is 0 Å². The molecule has 3 aromatic rings. The van der Waals surface area contributed by atoms with Gasteiger partial charge < -0.3 is 14.5 Å². The van der Waals surface area contributed by atoms with Gasteiger partial charge >= 0.3 is 0 Å². The minimum Gasteiger partial charge on any atom is -0.549 e. The fraction of sp³-hybridized carbons (Fsp3) is 0.130. The van der Waals surface area contributed by atoms with Crippen molar-refractivity contribution >= 4 is 29.6 Å². The number of thioether (sulfide) groups is 1. The summed E-state index contributed by atoms with van der Waals surface area (Å²) in [5, 5.41) is 10.5. The summed E-state index contributed by atoms with van der Waals surface area (Å²) in [7, 11) is 0. The number of aliphatic carboxylic acids is 1. The summed E-state index contributed by atoms with van der Waals surface area (Å²) in [4.78, 5) is 24.1. The minimum absolute atomic E-state index is 0.00713. The lowest BCUT2D eigenvalue weighted by Crippen LogP contribution is -2.24. The molecule has 0 spiro atoms. The van der Waals surface area contributed by atoms with E-state index in [0.29, 0.717) is 17.8 Å². The van der Waals surface area contributed by atoms with E-state index in [2.05, 4.69) is 0 Å². The molecular weight excluding hydrogens is 370 g/mol. The summed E-state index contributed by atoms with van der Waals surface area (Å²) in [6.07, 6.45) is 5.87. The summed E-state index contributed by atoms with van der Waals surface area (Å²) in [5.41, 5.74) is 3.47. The Labute approximate surface area is 168 Å². The van der Waals surface area contributed by atoms with Crippen molar-refractivity contribution in [2.24, 2.45) is 0 Å². The molecule has 0 bridgehead atoms. The van der Waals surface area contributed by atoms with Gasteiger partial charge in [0.1, 0.15) is 0 Å². The van der Waals surface area contributed by atoms with Gasteiger partial charge in [-0.15, -0.1) is 11.8 Å². The highest BCUT2D eigenvalue weighted by Crippen LogP contribution is 2.18. The topological polar surface area (TPSA) is 62.1 Å². The monoisotopic (exact) mass is 390 g/mol. The molecule has 0 aliphatic rings. The Kier molecular flexibility index (Phi) is 6.50. The molecule has 0 saturated heterocycles. The Balaban J connectivity index is 1.64. The third-order valence-electron chi connectivity index (χ3n) is 4.23. The van der Waals surface area contributed by atoms with Crippen LogP contribution >= 0.6 is 11.8 Å². The number of carboxylic acids is 1. The van der Waals surface area contributed by atoms with Crippen LogP contribution in [0.4, 0.5) is 0 Å². The normalized spacial score (nSPS) is 11.0. The molecule has 0 saturated carbocycles. The molecule has 0 aliphatic heterocycles. The molecule has 0 unspecified atom stereocenters. The van der Waals surface area contributed by atoms with Gasteiger partial charge in [0.25, 0.3) is 0 Å². The van der Waals surface area contributed by atoms with E-state index in [9.17, 15) is 14.7 Å². The Morgan fingerprint density at radius 1 is 1.04 bits per heavy atom. The first-order valence-corrected chi connectivity index (χ1v) is 9.87. The number of hydrogen-bond acceptors (Lipinski definition) is 4. The van der Waals surface area contributed by atoms with Crippen molar-refractivity contribution in [3.63, 3.8) is 0 Å². The van der Waals surface area contributed by atoms with Gasteiger partial charge in [-0.05, 0) is 36.8 Å². The van der Waals surface area contributed by atoms with Crippen molar-refractivity contribution in [1.29, 1.82) is 0 Å². The van der Waals surface area contributed by atoms with Crippen LogP contribution < -0.4 is 5.11 Å². The lowest BCUT2D eigenvalue weighted by molar-refractivity contribution is -0.301. The van der Waals surface area contributed by atoms with Crippen molar-refractivity contribution < 1.29 is 14.7 Å². The first-order chi connectivity index (χ1) is 13.5. The van der Waals surface area contributed by atoms with E-state index in [1.54, 1.807) is 0 Å². The lowest BCUT2D eigenvalue weighted by Gasteiger charge is -2.06. The number of benzene rings is 2. The Morgan fingerprint density at radius 2 is 1.75 bits per heavy atom. The van der Waals surface area contributed by atoms with E-state index in [0.717, 1.165) is 16.0 Å². The van der Waals surface area contributed by atoms with E-state index in [1.807, 2.05) is 90.5 Å². The summed E-state index contributed by atoms with van der Waals surface area (Å²) >= 11 is 1.24. The fourth-order valence-electron chi connectivity index (χ4n) is 2.75.